The lowest BCUT2D eigenvalue weighted by atomic mass is 9.99. The SMILES string of the molecule is CC(=O)N(O)CCCCCNC(=O)CCC(=O)N(O)CCCCCNC(=O)CCC(=O)N(O)CCCCC[NH2+]CCCCCCCCCC[P+](C1CCCCC1)(C1CCCCC1)C1CCCCC1. The van der Waals surface area contributed by atoms with Gasteiger partial charge < -0.3 is 16.0 Å². The third-order valence-electron chi connectivity index (χ3n) is 15.6. The Morgan fingerprint density at radius 1 is 0.441 bits per heavy atom. The molecule has 3 saturated carbocycles. The van der Waals surface area contributed by atoms with Gasteiger partial charge in [0.1, 0.15) is 0 Å². The van der Waals surface area contributed by atoms with E-state index in [-0.39, 0.29) is 57.1 Å². The highest BCUT2D eigenvalue weighted by Gasteiger charge is 2.56. The summed E-state index contributed by atoms with van der Waals surface area (Å²) in [5.41, 5.74) is 3.39. The van der Waals surface area contributed by atoms with Gasteiger partial charge in [0.2, 0.25) is 29.5 Å². The summed E-state index contributed by atoms with van der Waals surface area (Å²) in [5.74, 6) is -1.94. The van der Waals surface area contributed by atoms with E-state index in [1.54, 1.807) is 44.7 Å². The van der Waals surface area contributed by atoms with Crippen molar-refractivity contribution in [3.63, 3.8) is 0 Å². The molecule has 3 rings (SSSR count). The number of rotatable bonds is 38. The van der Waals surface area contributed by atoms with Gasteiger partial charge in [-0.25, -0.2) is 15.2 Å². The van der Waals surface area contributed by atoms with Gasteiger partial charge in [-0.2, -0.15) is 0 Å². The first-order valence-electron chi connectivity index (χ1n) is 28.2. The van der Waals surface area contributed by atoms with Crippen molar-refractivity contribution in [2.45, 2.75) is 255 Å². The highest BCUT2D eigenvalue weighted by Crippen LogP contribution is 2.77. The van der Waals surface area contributed by atoms with E-state index >= 15 is 0 Å². The third-order valence-corrected chi connectivity index (χ3v) is 22.3. The fourth-order valence-electron chi connectivity index (χ4n) is 11.6. The number of unbranched alkanes of at least 4 members (excludes halogenated alkanes) is 13. The van der Waals surface area contributed by atoms with Crippen LogP contribution in [0, 0.1) is 0 Å². The standard InChI is InChI=1S/C53H99N6O8P/c1-46(60)57(65)42-24-12-22-40-55-50(61)35-37-53(64)59(67)44-26-13-23-41-56-51(62)34-36-52(63)58(66)43-25-11-21-39-54-38-20-6-4-2-3-5-7-27-45-68(47-28-14-8-15-29-47,48-30-16-9-17-31-48)49-32-18-10-19-33-49/h47-49,54,65-67H,2-45H2,1H3,(H-,55,56,61,62)/p+2. The van der Waals surface area contributed by atoms with Crippen LogP contribution in [0.4, 0.5) is 0 Å². The molecule has 0 saturated heterocycles. The summed E-state index contributed by atoms with van der Waals surface area (Å²) >= 11 is 0. The number of nitrogens with zero attached hydrogens (tertiary/aromatic N) is 3. The number of hydroxylamine groups is 6. The van der Waals surface area contributed by atoms with Crippen LogP contribution in [0.5, 0.6) is 0 Å². The van der Waals surface area contributed by atoms with Crippen molar-refractivity contribution in [2.75, 3.05) is 52.0 Å². The number of nitrogens with one attached hydrogen (secondary N) is 2. The van der Waals surface area contributed by atoms with E-state index in [0.717, 1.165) is 54.3 Å². The van der Waals surface area contributed by atoms with Crippen molar-refractivity contribution < 1.29 is 44.9 Å². The molecule has 3 aliphatic rings. The minimum Gasteiger partial charge on any atom is -0.356 e. The smallest absolute Gasteiger partial charge is 0.246 e. The Morgan fingerprint density at radius 2 is 0.779 bits per heavy atom. The topological polar surface area (TPSA) is 196 Å². The summed E-state index contributed by atoms with van der Waals surface area (Å²) < 4.78 is 0. The van der Waals surface area contributed by atoms with E-state index in [1.165, 1.54) is 123 Å². The molecule has 0 bridgehead atoms. The largest absolute Gasteiger partial charge is 0.356 e. The van der Waals surface area contributed by atoms with Crippen LogP contribution in [0.2, 0.25) is 0 Å². The normalized spacial score (nSPS) is 16.4. The average Bonchev–Trinajstić information content (AvgIpc) is 3.36. The van der Waals surface area contributed by atoms with Gasteiger partial charge in [-0.05, 0) is 161 Å². The van der Waals surface area contributed by atoms with Gasteiger partial charge in [0.25, 0.3) is 0 Å². The van der Waals surface area contributed by atoms with Crippen molar-refractivity contribution in [3.8, 4) is 0 Å². The predicted molar refractivity (Wildman–Crippen MR) is 273 cm³/mol. The Morgan fingerprint density at radius 3 is 1.18 bits per heavy atom. The molecule has 0 aromatic rings. The minimum atomic E-state index is -0.904. The van der Waals surface area contributed by atoms with Crippen molar-refractivity contribution in [1.82, 2.24) is 25.8 Å². The minimum absolute atomic E-state index is 0.00353. The number of amides is 5. The zero-order valence-corrected chi connectivity index (χ0v) is 44.0. The van der Waals surface area contributed by atoms with Crippen molar-refractivity contribution in [2.24, 2.45) is 0 Å². The average molecular weight is 981 g/mol. The molecule has 15 heteroatoms. The number of carbonyl (C=O) groups is 5. The lowest BCUT2D eigenvalue weighted by Crippen LogP contribution is -2.84. The van der Waals surface area contributed by atoms with Crippen LogP contribution in [-0.4, -0.2) is 129 Å². The zero-order valence-electron chi connectivity index (χ0n) is 43.1. The first kappa shape index (κ1) is 59.9. The summed E-state index contributed by atoms with van der Waals surface area (Å²) in [5, 5.41) is 39.5. The van der Waals surface area contributed by atoms with Crippen LogP contribution in [-0.2, 0) is 24.0 Å². The Bertz CT molecular complexity index is 1330. The van der Waals surface area contributed by atoms with E-state index in [0.29, 0.717) is 55.3 Å². The summed E-state index contributed by atoms with van der Waals surface area (Å²) in [6, 6.07) is 0. The van der Waals surface area contributed by atoms with Gasteiger partial charge in [0.15, 0.2) is 0 Å². The van der Waals surface area contributed by atoms with Gasteiger partial charge in [0.05, 0.1) is 36.2 Å². The van der Waals surface area contributed by atoms with Gasteiger partial charge >= 0.3 is 0 Å². The molecule has 68 heavy (non-hydrogen) atoms. The third kappa shape index (κ3) is 25.1. The Kier molecular flexibility index (Phi) is 33.0. The highest BCUT2D eigenvalue weighted by atomic mass is 31.2. The van der Waals surface area contributed by atoms with E-state index in [9.17, 15) is 39.6 Å². The zero-order chi connectivity index (χ0) is 49.1. The Labute approximate surface area is 413 Å². The second kappa shape index (κ2) is 37.4. The lowest BCUT2D eigenvalue weighted by Gasteiger charge is -2.49. The van der Waals surface area contributed by atoms with E-state index < -0.39 is 25.0 Å². The van der Waals surface area contributed by atoms with Gasteiger partial charge in [-0.3, -0.25) is 39.6 Å². The van der Waals surface area contributed by atoms with Crippen molar-refractivity contribution in [1.29, 1.82) is 0 Å². The Hall–Kier alpha value is -2.38. The first-order valence-corrected chi connectivity index (χ1v) is 30.4. The van der Waals surface area contributed by atoms with E-state index in [2.05, 4.69) is 16.0 Å². The molecular weight excluding hydrogens is 880 g/mol. The maximum Gasteiger partial charge on any atom is 0.246 e. The number of nitrogens with two attached hydrogens (primary N) is 1. The van der Waals surface area contributed by atoms with Crippen LogP contribution >= 0.6 is 7.26 Å². The second-order valence-electron chi connectivity index (χ2n) is 20.8. The molecule has 0 unspecified atom stereocenters. The molecule has 0 aromatic carbocycles. The van der Waals surface area contributed by atoms with E-state index in [4.69, 9.17) is 0 Å². The molecule has 14 nitrogen and oxygen atoms in total. The molecular formula is C53H101N6O8P+2. The Balaban J connectivity index is 1.08. The van der Waals surface area contributed by atoms with Crippen LogP contribution in [0.3, 0.4) is 0 Å². The van der Waals surface area contributed by atoms with Crippen LogP contribution < -0.4 is 16.0 Å². The van der Waals surface area contributed by atoms with E-state index in [1.807, 2.05) is 0 Å². The molecule has 0 radical (unpaired) electrons. The molecule has 7 N–H and O–H groups in total. The summed E-state index contributed by atoms with van der Waals surface area (Å²) in [6.45, 7) is 5.00. The predicted octanol–water partition coefficient (Wildman–Crippen LogP) is 9.66. The summed E-state index contributed by atoms with van der Waals surface area (Å²) in [6.07, 6.45) is 42.4. The molecule has 3 aliphatic carbocycles. The number of quaternary nitrogens is 1. The summed E-state index contributed by atoms with van der Waals surface area (Å²) in [7, 11) is -0.904. The van der Waals surface area contributed by atoms with Gasteiger partial charge in [-0.15, -0.1) is 0 Å². The van der Waals surface area contributed by atoms with Gasteiger partial charge in [0, 0.05) is 72.6 Å². The summed E-state index contributed by atoms with van der Waals surface area (Å²) in [4.78, 5) is 59.7. The molecule has 5 amide bonds. The maximum absolute atomic E-state index is 12.4. The number of hydrogen-bond acceptors (Lipinski definition) is 8. The molecule has 0 heterocycles. The second-order valence-corrected chi connectivity index (χ2v) is 25.5. The van der Waals surface area contributed by atoms with Crippen molar-refractivity contribution >= 4 is 36.8 Å². The number of hydrogen-bond donors (Lipinski definition) is 6. The van der Waals surface area contributed by atoms with Crippen molar-refractivity contribution in [3.05, 3.63) is 0 Å². The molecule has 0 aliphatic heterocycles. The molecule has 0 aromatic heterocycles. The highest BCUT2D eigenvalue weighted by molar-refractivity contribution is 7.77. The molecule has 3 fully saturated rings. The maximum atomic E-state index is 12.4. The van der Waals surface area contributed by atoms with Gasteiger partial charge in [-0.1, -0.05) is 44.9 Å². The van der Waals surface area contributed by atoms with Crippen LogP contribution in [0.1, 0.15) is 238 Å². The number of carbonyl (C=O) groups excluding carboxylic acids is 5. The van der Waals surface area contributed by atoms with Crippen LogP contribution in [0.15, 0.2) is 0 Å². The lowest BCUT2D eigenvalue weighted by molar-refractivity contribution is -0.655. The monoisotopic (exact) mass is 981 g/mol. The fourth-order valence-corrected chi connectivity index (χ4v) is 19.2. The molecule has 394 valence electrons. The fraction of sp³-hybridized carbons (Fsp3) is 0.906. The van der Waals surface area contributed by atoms with Crippen LogP contribution in [0.25, 0.3) is 0 Å². The molecule has 0 atom stereocenters. The first-order chi connectivity index (χ1) is 33.0. The molecule has 0 spiro atoms. The quantitative estimate of drug-likeness (QED) is 0.0152.